The molecular formula is C12H11BrClNO3. The lowest BCUT2D eigenvalue weighted by Crippen LogP contribution is -2.37. The topological polar surface area (TPSA) is 57.6 Å². The third kappa shape index (κ3) is 3.03. The SMILES string of the molecule is O=C(O)CN(C(=O)c1ccc(Br)c(Cl)c1)C1CC1. The molecule has 96 valence electrons. The molecule has 0 bridgehead atoms. The van der Waals surface area contributed by atoms with Crippen molar-refractivity contribution < 1.29 is 14.7 Å². The van der Waals surface area contributed by atoms with Crippen LogP contribution in [0.25, 0.3) is 0 Å². The standard InChI is InChI=1S/C12H11BrClNO3/c13-9-4-1-7(5-10(9)14)12(18)15(6-11(16)17)8-2-3-8/h1,4-5,8H,2-3,6H2,(H,16,17). The number of nitrogens with zero attached hydrogens (tertiary/aromatic N) is 1. The third-order valence-electron chi connectivity index (χ3n) is 2.72. The molecule has 1 aliphatic carbocycles. The zero-order valence-electron chi connectivity index (χ0n) is 9.40. The quantitative estimate of drug-likeness (QED) is 0.922. The Balaban J connectivity index is 2.21. The number of carboxylic acids is 1. The molecule has 2 rings (SSSR count). The summed E-state index contributed by atoms with van der Waals surface area (Å²) in [6, 6.07) is 4.92. The number of hydrogen-bond acceptors (Lipinski definition) is 2. The average molecular weight is 333 g/mol. The van der Waals surface area contributed by atoms with E-state index in [1.54, 1.807) is 18.2 Å². The molecule has 1 aliphatic rings. The first-order chi connectivity index (χ1) is 8.49. The highest BCUT2D eigenvalue weighted by Gasteiger charge is 2.34. The first-order valence-corrected chi connectivity index (χ1v) is 6.64. The van der Waals surface area contributed by atoms with Crippen LogP contribution in [0.1, 0.15) is 23.2 Å². The van der Waals surface area contributed by atoms with Gasteiger partial charge in [0.1, 0.15) is 6.54 Å². The van der Waals surface area contributed by atoms with Gasteiger partial charge in [0.15, 0.2) is 0 Å². The summed E-state index contributed by atoms with van der Waals surface area (Å²) >= 11 is 9.18. The van der Waals surface area contributed by atoms with E-state index in [4.69, 9.17) is 16.7 Å². The van der Waals surface area contributed by atoms with Crippen LogP contribution < -0.4 is 0 Å². The molecule has 0 radical (unpaired) electrons. The van der Waals surface area contributed by atoms with Crippen molar-refractivity contribution in [1.82, 2.24) is 4.90 Å². The van der Waals surface area contributed by atoms with Gasteiger partial charge < -0.3 is 10.0 Å². The van der Waals surface area contributed by atoms with E-state index < -0.39 is 5.97 Å². The molecular weight excluding hydrogens is 321 g/mol. The zero-order valence-corrected chi connectivity index (χ0v) is 11.7. The largest absolute Gasteiger partial charge is 0.480 e. The van der Waals surface area contributed by atoms with Gasteiger partial charge in [-0.1, -0.05) is 11.6 Å². The minimum atomic E-state index is -1.00. The van der Waals surface area contributed by atoms with Crippen molar-refractivity contribution in [3.8, 4) is 0 Å². The van der Waals surface area contributed by atoms with Gasteiger partial charge in [-0.15, -0.1) is 0 Å². The van der Waals surface area contributed by atoms with Crippen LogP contribution in [0.2, 0.25) is 5.02 Å². The van der Waals surface area contributed by atoms with Crippen molar-refractivity contribution in [3.05, 3.63) is 33.3 Å². The van der Waals surface area contributed by atoms with Crippen molar-refractivity contribution in [3.63, 3.8) is 0 Å². The summed E-state index contributed by atoms with van der Waals surface area (Å²) in [5.74, 6) is -1.28. The second-order valence-corrected chi connectivity index (χ2v) is 5.45. The predicted octanol–water partition coefficient (Wildman–Crippen LogP) is 2.79. The second kappa shape index (κ2) is 5.28. The fraction of sp³-hybridized carbons (Fsp3) is 0.333. The van der Waals surface area contributed by atoms with Crippen LogP contribution in [0.5, 0.6) is 0 Å². The Hall–Kier alpha value is -1.07. The van der Waals surface area contributed by atoms with E-state index in [2.05, 4.69) is 15.9 Å². The van der Waals surface area contributed by atoms with E-state index >= 15 is 0 Å². The third-order valence-corrected chi connectivity index (χ3v) is 3.95. The number of carbonyl (C=O) groups is 2. The fourth-order valence-electron chi connectivity index (χ4n) is 1.69. The molecule has 1 fully saturated rings. The maximum atomic E-state index is 12.2. The summed E-state index contributed by atoms with van der Waals surface area (Å²) in [5.41, 5.74) is 0.413. The predicted molar refractivity (Wildman–Crippen MR) is 70.8 cm³/mol. The summed E-state index contributed by atoms with van der Waals surface area (Å²) in [6.45, 7) is -0.267. The van der Waals surface area contributed by atoms with Gasteiger partial charge in [-0.3, -0.25) is 9.59 Å². The molecule has 1 amide bonds. The Morgan fingerprint density at radius 2 is 2.11 bits per heavy atom. The first kappa shape index (κ1) is 13.4. The molecule has 0 spiro atoms. The minimum absolute atomic E-state index is 0.0519. The number of carbonyl (C=O) groups excluding carboxylic acids is 1. The van der Waals surface area contributed by atoms with Gasteiger partial charge in [0.2, 0.25) is 0 Å². The maximum absolute atomic E-state index is 12.2. The van der Waals surface area contributed by atoms with E-state index in [-0.39, 0.29) is 18.5 Å². The number of carboxylic acid groups (broad SMARTS) is 1. The summed E-state index contributed by atoms with van der Waals surface area (Å²) in [6.07, 6.45) is 1.73. The minimum Gasteiger partial charge on any atom is -0.480 e. The number of rotatable bonds is 4. The molecule has 0 aromatic heterocycles. The van der Waals surface area contributed by atoms with Crippen LogP contribution in [-0.2, 0) is 4.79 Å². The maximum Gasteiger partial charge on any atom is 0.323 e. The van der Waals surface area contributed by atoms with Gasteiger partial charge in [0, 0.05) is 16.1 Å². The fourth-order valence-corrected chi connectivity index (χ4v) is 2.12. The molecule has 0 heterocycles. The summed E-state index contributed by atoms with van der Waals surface area (Å²) in [4.78, 5) is 24.4. The van der Waals surface area contributed by atoms with Crippen molar-refractivity contribution >= 4 is 39.4 Å². The summed E-state index contributed by atoms with van der Waals surface area (Å²) in [7, 11) is 0. The van der Waals surface area contributed by atoms with Gasteiger partial charge in [-0.25, -0.2) is 0 Å². The van der Waals surface area contributed by atoms with Crippen LogP contribution in [0.4, 0.5) is 0 Å². The molecule has 18 heavy (non-hydrogen) atoms. The second-order valence-electron chi connectivity index (χ2n) is 4.19. The Labute approximate surface area is 118 Å². The summed E-state index contributed by atoms with van der Waals surface area (Å²) < 4.78 is 0.705. The lowest BCUT2D eigenvalue weighted by atomic mass is 10.2. The lowest BCUT2D eigenvalue weighted by Gasteiger charge is -2.20. The smallest absolute Gasteiger partial charge is 0.323 e. The summed E-state index contributed by atoms with van der Waals surface area (Å²) in [5, 5.41) is 9.26. The number of benzene rings is 1. The number of hydrogen-bond donors (Lipinski definition) is 1. The lowest BCUT2D eigenvalue weighted by molar-refractivity contribution is -0.137. The molecule has 0 unspecified atom stereocenters. The molecule has 1 aromatic rings. The number of halogens is 2. The van der Waals surface area contributed by atoms with Gasteiger partial charge in [-0.05, 0) is 47.0 Å². The van der Waals surface area contributed by atoms with E-state index in [0.29, 0.717) is 15.1 Å². The monoisotopic (exact) mass is 331 g/mol. The Morgan fingerprint density at radius 3 is 2.61 bits per heavy atom. The molecule has 0 saturated heterocycles. The molecule has 0 atom stereocenters. The van der Waals surface area contributed by atoms with E-state index in [1.807, 2.05) is 0 Å². The molecule has 1 N–H and O–H groups in total. The molecule has 1 aromatic carbocycles. The van der Waals surface area contributed by atoms with Gasteiger partial charge in [0.25, 0.3) is 5.91 Å². The highest BCUT2D eigenvalue weighted by Crippen LogP contribution is 2.29. The Morgan fingerprint density at radius 1 is 1.44 bits per heavy atom. The number of aliphatic carboxylic acids is 1. The molecule has 4 nitrogen and oxygen atoms in total. The van der Waals surface area contributed by atoms with Crippen LogP contribution in [0.15, 0.2) is 22.7 Å². The Kier molecular flexibility index (Phi) is 3.92. The van der Waals surface area contributed by atoms with Crippen LogP contribution >= 0.6 is 27.5 Å². The van der Waals surface area contributed by atoms with E-state index in [1.165, 1.54) is 4.90 Å². The van der Waals surface area contributed by atoms with Gasteiger partial charge >= 0.3 is 5.97 Å². The van der Waals surface area contributed by atoms with Gasteiger partial charge in [-0.2, -0.15) is 0 Å². The number of amides is 1. The van der Waals surface area contributed by atoms with Crippen LogP contribution in [0, 0.1) is 0 Å². The highest BCUT2D eigenvalue weighted by molar-refractivity contribution is 9.10. The molecule has 0 aliphatic heterocycles. The molecule has 1 saturated carbocycles. The van der Waals surface area contributed by atoms with Crippen molar-refractivity contribution in [2.75, 3.05) is 6.54 Å². The highest BCUT2D eigenvalue weighted by atomic mass is 79.9. The molecule has 6 heteroatoms. The van der Waals surface area contributed by atoms with Crippen molar-refractivity contribution in [2.24, 2.45) is 0 Å². The zero-order chi connectivity index (χ0) is 13.3. The van der Waals surface area contributed by atoms with E-state index in [9.17, 15) is 9.59 Å². The van der Waals surface area contributed by atoms with Crippen LogP contribution in [-0.4, -0.2) is 34.5 Å². The Bertz CT molecular complexity index is 502. The van der Waals surface area contributed by atoms with E-state index in [0.717, 1.165) is 12.8 Å². The normalized spacial score (nSPS) is 14.3. The first-order valence-electron chi connectivity index (χ1n) is 5.47. The van der Waals surface area contributed by atoms with Gasteiger partial charge in [0.05, 0.1) is 5.02 Å². The van der Waals surface area contributed by atoms with Crippen molar-refractivity contribution in [1.29, 1.82) is 0 Å². The average Bonchev–Trinajstić information content (AvgIpc) is 3.12. The van der Waals surface area contributed by atoms with Crippen LogP contribution in [0.3, 0.4) is 0 Å². The van der Waals surface area contributed by atoms with Crippen molar-refractivity contribution in [2.45, 2.75) is 18.9 Å².